The Morgan fingerprint density at radius 1 is 1.24 bits per heavy atom. The second-order valence-corrected chi connectivity index (χ2v) is 7.93. The van der Waals surface area contributed by atoms with Gasteiger partial charge in [-0.2, -0.15) is 0 Å². The summed E-state index contributed by atoms with van der Waals surface area (Å²) < 4.78 is 1.61. The molecule has 0 bridgehead atoms. The smallest absolute Gasteiger partial charge is 0.277 e. The third kappa shape index (κ3) is 2.54. The summed E-state index contributed by atoms with van der Waals surface area (Å²) in [7, 11) is 0. The number of rotatable bonds is 2. The molecule has 0 aliphatic carbocycles. The maximum Gasteiger partial charge on any atom is 0.277 e. The monoisotopic (exact) mass is 387 g/mol. The maximum absolute atomic E-state index is 13.6. The van der Waals surface area contributed by atoms with Gasteiger partial charge in [0.05, 0.1) is 0 Å². The van der Waals surface area contributed by atoms with Crippen molar-refractivity contribution in [3.63, 3.8) is 0 Å². The molecule has 2 aliphatic heterocycles. The Morgan fingerprint density at radius 3 is 2.76 bits per heavy atom. The first-order chi connectivity index (χ1) is 13.9. The molecule has 146 valence electrons. The first-order valence-electron chi connectivity index (χ1n) is 9.54. The number of hydrogen-bond acceptors (Lipinski definition) is 5. The van der Waals surface area contributed by atoms with Crippen LogP contribution in [-0.2, 0) is 18.5 Å². The first-order valence-corrected chi connectivity index (χ1v) is 9.54. The number of nitrogens with zero attached hydrogens (tertiary/aromatic N) is 2. The highest BCUT2D eigenvalue weighted by Crippen LogP contribution is 2.37. The number of nitrogen functional groups attached to an aromatic ring is 1. The van der Waals surface area contributed by atoms with E-state index in [4.69, 9.17) is 5.73 Å². The van der Waals surface area contributed by atoms with E-state index in [1.165, 1.54) is 0 Å². The van der Waals surface area contributed by atoms with Crippen molar-refractivity contribution < 1.29 is 4.79 Å². The van der Waals surface area contributed by atoms with Crippen LogP contribution in [0.5, 0.6) is 0 Å². The zero-order valence-corrected chi connectivity index (χ0v) is 16.2. The highest BCUT2D eigenvalue weighted by molar-refractivity contribution is 5.98. The first kappa shape index (κ1) is 17.5. The van der Waals surface area contributed by atoms with E-state index in [0.717, 1.165) is 27.9 Å². The van der Waals surface area contributed by atoms with Crippen LogP contribution in [0, 0.1) is 6.92 Å². The summed E-state index contributed by atoms with van der Waals surface area (Å²) in [6, 6.07) is 11.6. The fourth-order valence-corrected chi connectivity index (χ4v) is 4.49. The Kier molecular flexibility index (Phi) is 3.58. The van der Waals surface area contributed by atoms with E-state index in [1.54, 1.807) is 16.8 Å². The largest absolute Gasteiger partial charge is 0.384 e. The number of nitrogens with one attached hydrogen (secondary N) is 2. The van der Waals surface area contributed by atoms with E-state index in [0.29, 0.717) is 30.0 Å². The molecule has 1 aromatic carbocycles. The van der Waals surface area contributed by atoms with Crippen LogP contribution >= 0.6 is 0 Å². The summed E-state index contributed by atoms with van der Waals surface area (Å²) >= 11 is 0. The minimum atomic E-state index is -0.843. The molecule has 0 fully saturated rings. The molecule has 29 heavy (non-hydrogen) atoms. The number of anilines is 3. The molecule has 2 aliphatic rings. The second kappa shape index (κ2) is 5.94. The lowest BCUT2D eigenvalue weighted by Gasteiger charge is -2.30. The van der Waals surface area contributed by atoms with Crippen LogP contribution in [0.15, 0.2) is 47.4 Å². The summed E-state index contributed by atoms with van der Waals surface area (Å²) in [6.45, 7) is 3.79. The molecule has 7 nitrogen and oxygen atoms in total. The van der Waals surface area contributed by atoms with Crippen molar-refractivity contribution in [3.8, 4) is 0 Å². The van der Waals surface area contributed by atoms with Crippen molar-refractivity contribution >= 4 is 23.1 Å². The van der Waals surface area contributed by atoms with E-state index in [-0.39, 0.29) is 11.5 Å². The number of nitrogens with two attached hydrogens (primary N) is 1. The standard InChI is InChI=1S/C22H21N5O2/c1-12-15-8-14-11-24-17(23)9-16(14)25-18(15)21(29)27-19(12)20(28)26-22(27,2)10-13-6-4-3-5-7-13/h3-7,9,11,25H,8,10H2,1-2H3,(H2,23,24)(H,26,28). The Labute approximate surface area is 167 Å². The van der Waals surface area contributed by atoms with Crippen molar-refractivity contribution in [2.45, 2.75) is 32.4 Å². The number of hydrogen-bond donors (Lipinski definition) is 3. The van der Waals surface area contributed by atoms with Crippen LogP contribution in [0.1, 0.15) is 39.7 Å². The molecule has 5 rings (SSSR count). The Balaban J connectivity index is 1.69. The highest BCUT2D eigenvalue weighted by Gasteiger charge is 2.43. The lowest BCUT2D eigenvalue weighted by Crippen LogP contribution is -2.47. The normalized spacial score (nSPS) is 19.0. The number of amides is 1. The summed E-state index contributed by atoms with van der Waals surface area (Å²) in [4.78, 5) is 30.6. The number of pyridine rings is 2. The third-order valence-corrected chi connectivity index (χ3v) is 5.87. The molecule has 1 unspecified atom stereocenters. The number of benzene rings is 1. The van der Waals surface area contributed by atoms with Crippen LogP contribution in [0.3, 0.4) is 0 Å². The predicted molar refractivity (Wildman–Crippen MR) is 111 cm³/mol. The lowest BCUT2D eigenvalue weighted by atomic mass is 9.94. The molecule has 2 aromatic heterocycles. The minimum Gasteiger partial charge on any atom is -0.384 e. The molecule has 1 amide bonds. The molecule has 0 saturated carbocycles. The molecule has 0 radical (unpaired) electrons. The Morgan fingerprint density at radius 2 is 2.00 bits per heavy atom. The minimum absolute atomic E-state index is 0.210. The summed E-state index contributed by atoms with van der Waals surface area (Å²) in [5.41, 5.74) is 10.1. The van der Waals surface area contributed by atoms with E-state index < -0.39 is 5.66 Å². The molecule has 4 N–H and O–H groups in total. The fourth-order valence-electron chi connectivity index (χ4n) is 4.49. The zero-order valence-electron chi connectivity index (χ0n) is 16.2. The van der Waals surface area contributed by atoms with Crippen molar-refractivity contribution in [2.75, 3.05) is 11.1 Å². The number of fused-ring (bicyclic) bond motifs is 3. The van der Waals surface area contributed by atoms with Gasteiger partial charge in [-0.1, -0.05) is 30.3 Å². The van der Waals surface area contributed by atoms with Crippen molar-refractivity contribution in [1.82, 2.24) is 14.9 Å². The second-order valence-electron chi connectivity index (χ2n) is 7.93. The molecule has 0 spiro atoms. The Bertz CT molecular complexity index is 1230. The summed E-state index contributed by atoms with van der Waals surface area (Å²) in [5.74, 6) is 0.172. The average molecular weight is 387 g/mol. The maximum atomic E-state index is 13.6. The van der Waals surface area contributed by atoms with Gasteiger partial charge in [0.15, 0.2) is 0 Å². The van der Waals surface area contributed by atoms with Crippen LogP contribution < -0.4 is 21.9 Å². The fraction of sp³-hybridized carbons (Fsp3) is 0.227. The zero-order chi connectivity index (χ0) is 20.3. The average Bonchev–Trinajstić information content (AvgIpc) is 2.96. The molecule has 4 heterocycles. The van der Waals surface area contributed by atoms with Gasteiger partial charge in [-0.3, -0.25) is 14.2 Å². The lowest BCUT2D eigenvalue weighted by molar-refractivity contribution is 0.0926. The Hall–Kier alpha value is -3.61. The molecule has 7 heteroatoms. The van der Waals surface area contributed by atoms with Gasteiger partial charge >= 0.3 is 0 Å². The van der Waals surface area contributed by atoms with Gasteiger partial charge in [0.1, 0.15) is 22.9 Å². The topological polar surface area (TPSA) is 102 Å². The quantitative estimate of drug-likeness (QED) is 0.490. The molecule has 3 aromatic rings. The van der Waals surface area contributed by atoms with E-state index in [1.807, 2.05) is 44.2 Å². The van der Waals surface area contributed by atoms with Gasteiger partial charge in [0.25, 0.3) is 11.5 Å². The van der Waals surface area contributed by atoms with Crippen LogP contribution in [0.2, 0.25) is 0 Å². The van der Waals surface area contributed by atoms with E-state index >= 15 is 0 Å². The van der Waals surface area contributed by atoms with E-state index in [9.17, 15) is 9.59 Å². The van der Waals surface area contributed by atoms with Gasteiger partial charge in [-0.15, -0.1) is 0 Å². The van der Waals surface area contributed by atoms with Gasteiger partial charge in [0.2, 0.25) is 0 Å². The highest BCUT2D eigenvalue weighted by atomic mass is 16.2. The number of aromatic nitrogens is 2. The van der Waals surface area contributed by atoms with Crippen molar-refractivity contribution in [2.24, 2.45) is 0 Å². The summed E-state index contributed by atoms with van der Waals surface area (Å²) in [6.07, 6.45) is 2.76. The molecule has 1 atom stereocenters. The molecule has 0 saturated heterocycles. The molecular formula is C22H21N5O2. The van der Waals surface area contributed by atoms with Crippen molar-refractivity contribution in [3.05, 3.63) is 80.9 Å². The molecular weight excluding hydrogens is 366 g/mol. The van der Waals surface area contributed by atoms with Crippen molar-refractivity contribution in [1.29, 1.82) is 0 Å². The number of carbonyl (C=O) groups excluding carboxylic acids is 1. The van der Waals surface area contributed by atoms with Crippen LogP contribution in [0.25, 0.3) is 0 Å². The van der Waals surface area contributed by atoms with Gasteiger partial charge in [0, 0.05) is 30.8 Å². The number of carbonyl (C=O) groups is 1. The van der Waals surface area contributed by atoms with Crippen LogP contribution in [0.4, 0.5) is 17.2 Å². The van der Waals surface area contributed by atoms with Gasteiger partial charge < -0.3 is 16.4 Å². The van der Waals surface area contributed by atoms with Crippen LogP contribution in [-0.4, -0.2) is 15.5 Å². The van der Waals surface area contributed by atoms with E-state index in [2.05, 4.69) is 15.6 Å². The SMILES string of the molecule is Cc1c2c(c(=O)n3c1C(=O)NC3(C)Cc1ccccc1)Nc1cc(N)ncc1C2. The summed E-state index contributed by atoms with van der Waals surface area (Å²) in [5, 5.41) is 6.29. The third-order valence-electron chi connectivity index (χ3n) is 5.87. The van der Waals surface area contributed by atoms with Gasteiger partial charge in [-0.05, 0) is 36.1 Å². The van der Waals surface area contributed by atoms with Gasteiger partial charge in [-0.25, -0.2) is 4.98 Å². The predicted octanol–water partition coefficient (Wildman–Crippen LogP) is 2.44.